The quantitative estimate of drug-likeness (QED) is 0.843. The zero-order valence-corrected chi connectivity index (χ0v) is 15.8. The first-order valence-corrected chi connectivity index (χ1v) is 9.46. The Labute approximate surface area is 159 Å². The molecule has 5 nitrogen and oxygen atoms in total. The number of pyridine rings is 1. The van der Waals surface area contributed by atoms with Crippen LogP contribution in [0.3, 0.4) is 0 Å². The van der Waals surface area contributed by atoms with E-state index in [1.165, 1.54) is 6.07 Å². The molecule has 3 rings (SSSR count). The van der Waals surface area contributed by atoms with Crippen LogP contribution in [0.25, 0.3) is 0 Å². The molecule has 0 radical (unpaired) electrons. The fourth-order valence-corrected chi connectivity index (χ4v) is 3.44. The smallest absolute Gasteiger partial charge is 0.253 e. The van der Waals surface area contributed by atoms with Gasteiger partial charge in [-0.1, -0.05) is 6.07 Å². The maximum absolute atomic E-state index is 14.1. The van der Waals surface area contributed by atoms with Gasteiger partial charge in [0.25, 0.3) is 5.91 Å². The van der Waals surface area contributed by atoms with Crippen molar-refractivity contribution < 1.29 is 13.9 Å². The van der Waals surface area contributed by atoms with E-state index >= 15 is 0 Å². The lowest BCUT2D eigenvalue weighted by molar-refractivity contribution is 0.0702. The van der Waals surface area contributed by atoms with Gasteiger partial charge in [0.15, 0.2) is 11.6 Å². The minimum absolute atomic E-state index is 0.0302. The molecule has 1 aromatic heterocycles. The molecule has 144 valence electrons. The van der Waals surface area contributed by atoms with Crippen molar-refractivity contribution in [3.05, 3.63) is 59.7 Å². The monoisotopic (exact) mass is 371 g/mol. The number of carbonyl (C=O) groups excluding carboxylic acids is 1. The Morgan fingerprint density at radius 3 is 2.63 bits per heavy atom. The minimum Gasteiger partial charge on any atom is -0.491 e. The van der Waals surface area contributed by atoms with Crippen LogP contribution in [0, 0.1) is 5.82 Å². The lowest BCUT2D eigenvalue weighted by Gasteiger charge is -2.34. The van der Waals surface area contributed by atoms with Crippen molar-refractivity contribution in [2.24, 2.45) is 0 Å². The molecule has 2 aromatic rings. The van der Waals surface area contributed by atoms with E-state index in [2.05, 4.69) is 10.3 Å². The topological polar surface area (TPSA) is 54.5 Å². The van der Waals surface area contributed by atoms with Gasteiger partial charge in [-0.2, -0.15) is 0 Å². The Hall–Kier alpha value is -2.47. The third kappa shape index (κ3) is 4.83. The van der Waals surface area contributed by atoms with Crippen molar-refractivity contribution in [2.45, 2.75) is 38.8 Å². The first kappa shape index (κ1) is 19.3. The lowest BCUT2D eigenvalue weighted by atomic mass is 10.0. The Kier molecular flexibility index (Phi) is 6.40. The second kappa shape index (κ2) is 8.95. The minimum atomic E-state index is -0.333. The van der Waals surface area contributed by atoms with E-state index in [-0.39, 0.29) is 23.5 Å². The predicted octanol–water partition coefficient (Wildman–Crippen LogP) is 3.57. The van der Waals surface area contributed by atoms with Crippen LogP contribution in [0.15, 0.2) is 42.7 Å². The van der Waals surface area contributed by atoms with Crippen molar-refractivity contribution in [2.75, 3.05) is 19.7 Å². The number of hydrogen-bond acceptors (Lipinski definition) is 4. The Bertz CT molecular complexity index is 761. The molecule has 1 N–H and O–H groups in total. The Morgan fingerprint density at radius 1 is 1.30 bits per heavy atom. The third-order valence-corrected chi connectivity index (χ3v) is 4.95. The van der Waals surface area contributed by atoms with Crippen LogP contribution in [-0.4, -0.2) is 41.5 Å². The number of ether oxygens (including phenoxy) is 1. The first-order chi connectivity index (χ1) is 13.1. The van der Waals surface area contributed by atoms with Gasteiger partial charge in [-0.25, -0.2) is 4.39 Å². The molecule has 1 unspecified atom stereocenters. The van der Waals surface area contributed by atoms with Crippen LogP contribution in [-0.2, 0) is 0 Å². The van der Waals surface area contributed by atoms with Gasteiger partial charge in [-0.05, 0) is 56.5 Å². The van der Waals surface area contributed by atoms with Gasteiger partial charge in [0.05, 0.1) is 6.61 Å². The highest BCUT2D eigenvalue weighted by Crippen LogP contribution is 2.24. The predicted molar refractivity (Wildman–Crippen MR) is 102 cm³/mol. The fourth-order valence-electron chi connectivity index (χ4n) is 3.44. The van der Waals surface area contributed by atoms with Crippen LogP contribution in [0.2, 0.25) is 0 Å². The van der Waals surface area contributed by atoms with E-state index in [4.69, 9.17) is 4.74 Å². The number of nitrogens with one attached hydrogen (secondary N) is 1. The van der Waals surface area contributed by atoms with Gasteiger partial charge in [-0.15, -0.1) is 0 Å². The van der Waals surface area contributed by atoms with E-state index in [0.717, 1.165) is 18.4 Å². The fraction of sp³-hybridized carbons (Fsp3) is 0.429. The summed E-state index contributed by atoms with van der Waals surface area (Å²) in [5, 5.41) is 3.56. The summed E-state index contributed by atoms with van der Waals surface area (Å²) in [5.41, 5.74) is 1.57. The number of rotatable bonds is 6. The highest BCUT2D eigenvalue weighted by molar-refractivity contribution is 5.94. The number of aromatic nitrogens is 1. The highest BCUT2D eigenvalue weighted by atomic mass is 19.1. The van der Waals surface area contributed by atoms with Gasteiger partial charge >= 0.3 is 0 Å². The van der Waals surface area contributed by atoms with Crippen LogP contribution < -0.4 is 10.1 Å². The molecular formula is C21H26FN3O2. The van der Waals surface area contributed by atoms with Crippen LogP contribution >= 0.6 is 0 Å². The van der Waals surface area contributed by atoms with Crippen molar-refractivity contribution in [1.82, 2.24) is 15.2 Å². The van der Waals surface area contributed by atoms with Gasteiger partial charge in [-0.3, -0.25) is 9.78 Å². The number of carbonyl (C=O) groups is 1. The molecule has 1 atom stereocenters. The van der Waals surface area contributed by atoms with Gasteiger partial charge in [0.2, 0.25) is 0 Å². The van der Waals surface area contributed by atoms with Crippen molar-refractivity contribution in [1.29, 1.82) is 0 Å². The summed E-state index contributed by atoms with van der Waals surface area (Å²) >= 11 is 0. The standard InChI is InChI=1S/C21H26FN3O2/c1-3-27-20-5-4-17(14-19(20)22)15(2)24-18-8-12-25(13-9-18)21(26)16-6-10-23-11-7-16/h4-7,10-11,14-15,18,24H,3,8-9,12-13H2,1-2H3. The second-order valence-electron chi connectivity index (χ2n) is 6.81. The Morgan fingerprint density at radius 2 is 2.00 bits per heavy atom. The molecule has 0 spiro atoms. The van der Waals surface area contributed by atoms with Crippen molar-refractivity contribution >= 4 is 5.91 Å². The van der Waals surface area contributed by atoms with E-state index < -0.39 is 0 Å². The third-order valence-electron chi connectivity index (χ3n) is 4.95. The van der Waals surface area contributed by atoms with Crippen LogP contribution in [0.5, 0.6) is 5.75 Å². The van der Waals surface area contributed by atoms with Crippen molar-refractivity contribution in [3.8, 4) is 5.75 Å². The van der Waals surface area contributed by atoms with E-state index in [9.17, 15) is 9.18 Å². The number of nitrogens with zero attached hydrogens (tertiary/aromatic N) is 2. The molecule has 27 heavy (non-hydrogen) atoms. The maximum atomic E-state index is 14.1. The lowest BCUT2D eigenvalue weighted by Crippen LogP contribution is -2.45. The molecule has 2 heterocycles. The van der Waals surface area contributed by atoms with Crippen LogP contribution in [0.4, 0.5) is 4.39 Å². The molecular weight excluding hydrogens is 345 g/mol. The molecule has 0 bridgehead atoms. The number of piperidine rings is 1. The number of amides is 1. The van der Waals surface area contributed by atoms with Crippen LogP contribution in [0.1, 0.15) is 48.7 Å². The highest BCUT2D eigenvalue weighted by Gasteiger charge is 2.24. The second-order valence-corrected chi connectivity index (χ2v) is 6.81. The van der Waals surface area contributed by atoms with Gasteiger partial charge < -0.3 is 15.0 Å². The molecule has 1 aromatic carbocycles. The summed E-state index contributed by atoms with van der Waals surface area (Å²) < 4.78 is 19.3. The zero-order chi connectivity index (χ0) is 19.2. The molecule has 1 amide bonds. The molecule has 1 aliphatic heterocycles. The molecule has 1 saturated heterocycles. The summed E-state index contributed by atoms with van der Waals surface area (Å²) in [6, 6.07) is 8.93. The maximum Gasteiger partial charge on any atom is 0.253 e. The molecule has 1 aliphatic rings. The number of likely N-dealkylation sites (tertiary alicyclic amines) is 1. The van der Waals surface area contributed by atoms with E-state index in [1.54, 1.807) is 30.6 Å². The summed E-state index contributed by atoms with van der Waals surface area (Å²) in [4.78, 5) is 18.3. The van der Waals surface area contributed by atoms with E-state index in [0.29, 0.717) is 31.3 Å². The summed E-state index contributed by atoms with van der Waals surface area (Å²) in [6.45, 7) is 5.74. The van der Waals surface area contributed by atoms with E-state index in [1.807, 2.05) is 24.8 Å². The molecule has 0 saturated carbocycles. The zero-order valence-electron chi connectivity index (χ0n) is 15.8. The summed E-state index contributed by atoms with van der Waals surface area (Å²) in [6.07, 6.45) is 5.03. The number of benzene rings is 1. The average Bonchev–Trinajstić information content (AvgIpc) is 2.70. The molecule has 6 heteroatoms. The van der Waals surface area contributed by atoms with Gasteiger partial charge in [0.1, 0.15) is 0 Å². The number of halogens is 1. The average molecular weight is 371 g/mol. The largest absolute Gasteiger partial charge is 0.491 e. The molecule has 0 aliphatic carbocycles. The summed E-state index contributed by atoms with van der Waals surface area (Å²) in [7, 11) is 0. The van der Waals surface area contributed by atoms with Gasteiger partial charge in [0, 0.05) is 43.1 Å². The van der Waals surface area contributed by atoms with Crippen molar-refractivity contribution in [3.63, 3.8) is 0 Å². The Balaban J connectivity index is 1.53. The SMILES string of the molecule is CCOc1ccc(C(C)NC2CCN(C(=O)c3ccncc3)CC2)cc1F. The number of hydrogen-bond donors (Lipinski definition) is 1. The summed E-state index contributed by atoms with van der Waals surface area (Å²) in [5.74, 6) is 0.00892. The molecule has 1 fully saturated rings. The first-order valence-electron chi connectivity index (χ1n) is 9.46. The normalized spacial score (nSPS) is 16.2.